The third kappa shape index (κ3) is 3.62. The summed E-state index contributed by atoms with van der Waals surface area (Å²) in [6.07, 6.45) is 5.29. The molecule has 2 aromatic heterocycles. The van der Waals surface area contributed by atoms with Crippen LogP contribution in [-0.2, 0) is 13.0 Å². The number of benzene rings is 1. The second-order valence-electron chi connectivity index (χ2n) is 5.69. The van der Waals surface area contributed by atoms with Crippen molar-refractivity contribution in [1.29, 1.82) is 0 Å². The standard InChI is InChI=1S/C18H23N5/c1-2-3-11-20-17-16-15(21-18(19)22-17)10-13-23(16)12-9-14-7-5-4-6-8-14/h4-8,10,13H,2-3,9,11-12H2,1H3,(H3,19,20,21,22). The summed E-state index contributed by atoms with van der Waals surface area (Å²) in [4.78, 5) is 8.74. The molecule has 5 heteroatoms. The summed E-state index contributed by atoms with van der Waals surface area (Å²) in [6, 6.07) is 12.5. The number of aryl methyl sites for hydroxylation is 2. The van der Waals surface area contributed by atoms with E-state index in [0.717, 1.165) is 49.2 Å². The Bertz CT molecular complexity index is 764. The number of aromatic nitrogens is 3. The Labute approximate surface area is 136 Å². The third-order valence-corrected chi connectivity index (χ3v) is 3.93. The van der Waals surface area contributed by atoms with Gasteiger partial charge < -0.3 is 15.6 Å². The molecule has 0 aliphatic rings. The van der Waals surface area contributed by atoms with E-state index >= 15 is 0 Å². The minimum absolute atomic E-state index is 0.317. The highest BCUT2D eigenvalue weighted by Gasteiger charge is 2.11. The van der Waals surface area contributed by atoms with Gasteiger partial charge in [0.2, 0.25) is 5.95 Å². The molecule has 120 valence electrons. The van der Waals surface area contributed by atoms with E-state index in [2.05, 4.69) is 57.2 Å². The van der Waals surface area contributed by atoms with E-state index in [1.165, 1.54) is 5.56 Å². The number of unbranched alkanes of at least 4 members (excludes halogenated alkanes) is 1. The van der Waals surface area contributed by atoms with Crippen LogP contribution in [0.15, 0.2) is 42.6 Å². The lowest BCUT2D eigenvalue weighted by atomic mass is 10.1. The van der Waals surface area contributed by atoms with Crippen LogP contribution in [0.2, 0.25) is 0 Å². The molecule has 0 aliphatic carbocycles. The molecule has 1 aromatic carbocycles. The van der Waals surface area contributed by atoms with Gasteiger partial charge in [0.15, 0.2) is 5.82 Å². The Kier molecular flexibility index (Phi) is 4.76. The third-order valence-electron chi connectivity index (χ3n) is 3.93. The van der Waals surface area contributed by atoms with Crippen LogP contribution in [-0.4, -0.2) is 21.1 Å². The highest BCUT2D eigenvalue weighted by atomic mass is 15.1. The fraction of sp³-hybridized carbons (Fsp3) is 0.333. The lowest BCUT2D eigenvalue weighted by molar-refractivity contribution is 0.721. The van der Waals surface area contributed by atoms with Gasteiger partial charge in [-0.05, 0) is 24.5 Å². The largest absolute Gasteiger partial charge is 0.368 e. The predicted octanol–water partition coefficient (Wildman–Crippen LogP) is 3.47. The zero-order valence-corrected chi connectivity index (χ0v) is 13.5. The lowest BCUT2D eigenvalue weighted by Gasteiger charge is -2.11. The minimum atomic E-state index is 0.317. The SMILES string of the molecule is CCCCNc1nc(N)nc2ccn(CCc3ccccc3)c12. The number of nitrogens with zero attached hydrogens (tertiary/aromatic N) is 3. The van der Waals surface area contributed by atoms with Gasteiger partial charge in [-0.25, -0.2) is 4.98 Å². The first-order valence-electron chi connectivity index (χ1n) is 8.18. The van der Waals surface area contributed by atoms with Crippen molar-refractivity contribution in [2.24, 2.45) is 0 Å². The number of nitrogens with two attached hydrogens (primary N) is 1. The van der Waals surface area contributed by atoms with Crippen molar-refractivity contribution in [3.8, 4) is 0 Å². The highest BCUT2D eigenvalue weighted by Crippen LogP contribution is 2.23. The Morgan fingerprint density at radius 2 is 1.96 bits per heavy atom. The average molecular weight is 309 g/mol. The normalized spacial score (nSPS) is 11.0. The number of anilines is 2. The number of hydrogen-bond acceptors (Lipinski definition) is 4. The van der Waals surface area contributed by atoms with Gasteiger partial charge in [-0.15, -0.1) is 0 Å². The molecule has 0 saturated carbocycles. The average Bonchev–Trinajstić information content (AvgIpc) is 2.97. The van der Waals surface area contributed by atoms with Gasteiger partial charge >= 0.3 is 0 Å². The summed E-state index contributed by atoms with van der Waals surface area (Å²) >= 11 is 0. The van der Waals surface area contributed by atoms with Crippen LogP contribution in [0.25, 0.3) is 11.0 Å². The van der Waals surface area contributed by atoms with Crippen molar-refractivity contribution in [2.75, 3.05) is 17.6 Å². The Hall–Kier alpha value is -2.56. The quantitative estimate of drug-likeness (QED) is 0.656. The predicted molar refractivity (Wildman–Crippen MR) is 95.5 cm³/mol. The van der Waals surface area contributed by atoms with E-state index < -0.39 is 0 Å². The van der Waals surface area contributed by atoms with Crippen molar-refractivity contribution in [3.63, 3.8) is 0 Å². The molecule has 0 aliphatic heterocycles. The maximum atomic E-state index is 5.83. The molecule has 0 bridgehead atoms. The van der Waals surface area contributed by atoms with Gasteiger partial charge in [0.25, 0.3) is 0 Å². The fourth-order valence-corrected chi connectivity index (χ4v) is 2.71. The van der Waals surface area contributed by atoms with Crippen molar-refractivity contribution < 1.29 is 0 Å². The summed E-state index contributed by atoms with van der Waals surface area (Å²) < 4.78 is 2.20. The monoisotopic (exact) mass is 309 g/mol. The molecule has 23 heavy (non-hydrogen) atoms. The summed E-state index contributed by atoms with van der Waals surface area (Å²) in [5, 5.41) is 3.40. The smallest absolute Gasteiger partial charge is 0.222 e. The lowest BCUT2D eigenvalue weighted by Crippen LogP contribution is -2.09. The first-order chi connectivity index (χ1) is 11.3. The molecule has 0 unspecified atom stereocenters. The van der Waals surface area contributed by atoms with Crippen LogP contribution in [0, 0.1) is 0 Å². The van der Waals surface area contributed by atoms with Gasteiger partial charge in [0.1, 0.15) is 5.52 Å². The van der Waals surface area contributed by atoms with Crippen LogP contribution in [0.1, 0.15) is 25.3 Å². The summed E-state index contributed by atoms with van der Waals surface area (Å²) in [5.74, 6) is 1.15. The topological polar surface area (TPSA) is 68.8 Å². The zero-order chi connectivity index (χ0) is 16.1. The van der Waals surface area contributed by atoms with Gasteiger partial charge in [0.05, 0.1) is 5.52 Å². The van der Waals surface area contributed by atoms with Crippen LogP contribution in [0.5, 0.6) is 0 Å². The molecule has 3 rings (SSSR count). The summed E-state index contributed by atoms with van der Waals surface area (Å²) in [6.45, 7) is 3.96. The van der Waals surface area contributed by atoms with Crippen molar-refractivity contribution in [2.45, 2.75) is 32.7 Å². The van der Waals surface area contributed by atoms with Crippen molar-refractivity contribution in [1.82, 2.24) is 14.5 Å². The molecular formula is C18H23N5. The van der Waals surface area contributed by atoms with E-state index in [0.29, 0.717) is 5.95 Å². The first kappa shape index (κ1) is 15.3. The number of hydrogen-bond donors (Lipinski definition) is 2. The van der Waals surface area contributed by atoms with Gasteiger partial charge in [-0.3, -0.25) is 0 Å². The van der Waals surface area contributed by atoms with E-state index in [4.69, 9.17) is 5.73 Å². The van der Waals surface area contributed by atoms with Crippen LogP contribution >= 0.6 is 0 Å². The van der Waals surface area contributed by atoms with Crippen LogP contribution in [0.3, 0.4) is 0 Å². The van der Waals surface area contributed by atoms with E-state index in [-0.39, 0.29) is 0 Å². The molecule has 3 aromatic rings. The molecule has 0 saturated heterocycles. The van der Waals surface area contributed by atoms with E-state index in [9.17, 15) is 0 Å². The van der Waals surface area contributed by atoms with E-state index in [1.807, 2.05) is 12.1 Å². The molecule has 0 spiro atoms. The Morgan fingerprint density at radius 3 is 2.74 bits per heavy atom. The number of nitrogens with one attached hydrogen (secondary N) is 1. The highest BCUT2D eigenvalue weighted by molar-refractivity contribution is 5.87. The summed E-state index contributed by atoms with van der Waals surface area (Å²) in [5.41, 5.74) is 9.08. The van der Waals surface area contributed by atoms with Gasteiger partial charge in [-0.2, -0.15) is 4.98 Å². The maximum absolute atomic E-state index is 5.83. The zero-order valence-electron chi connectivity index (χ0n) is 13.5. The van der Waals surface area contributed by atoms with Gasteiger partial charge in [0, 0.05) is 19.3 Å². The molecule has 2 heterocycles. The number of nitrogen functional groups attached to an aromatic ring is 1. The van der Waals surface area contributed by atoms with Gasteiger partial charge in [-0.1, -0.05) is 43.7 Å². The summed E-state index contributed by atoms with van der Waals surface area (Å²) in [7, 11) is 0. The van der Waals surface area contributed by atoms with Crippen molar-refractivity contribution in [3.05, 3.63) is 48.2 Å². The molecular weight excluding hydrogens is 286 g/mol. The molecule has 0 amide bonds. The first-order valence-corrected chi connectivity index (χ1v) is 8.18. The number of fused-ring (bicyclic) bond motifs is 1. The van der Waals surface area contributed by atoms with Crippen molar-refractivity contribution >= 4 is 22.8 Å². The molecule has 5 nitrogen and oxygen atoms in total. The number of rotatable bonds is 7. The van der Waals surface area contributed by atoms with E-state index in [1.54, 1.807) is 0 Å². The second kappa shape index (κ2) is 7.13. The molecule has 0 radical (unpaired) electrons. The van der Waals surface area contributed by atoms with Crippen LogP contribution in [0.4, 0.5) is 11.8 Å². The second-order valence-corrected chi connectivity index (χ2v) is 5.69. The fourth-order valence-electron chi connectivity index (χ4n) is 2.71. The minimum Gasteiger partial charge on any atom is -0.368 e. The Balaban J connectivity index is 1.85. The maximum Gasteiger partial charge on any atom is 0.222 e. The Morgan fingerprint density at radius 1 is 1.13 bits per heavy atom. The molecule has 0 fully saturated rings. The molecule has 0 atom stereocenters. The van der Waals surface area contributed by atoms with Crippen LogP contribution < -0.4 is 11.1 Å². The molecule has 3 N–H and O–H groups in total.